The molecule has 2 aromatic rings. The molecule has 0 aliphatic carbocycles. The van der Waals surface area contributed by atoms with Crippen molar-refractivity contribution < 1.29 is 23.8 Å². The average Bonchev–Trinajstić information content (AvgIpc) is 3.41. The van der Waals surface area contributed by atoms with E-state index in [1.165, 1.54) is 25.2 Å². The monoisotopic (exact) mass is 568 g/mol. The number of fused-ring (bicyclic) bond motifs is 3. The second kappa shape index (κ2) is 10.5. The Kier molecular flexibility index (Phi) is 7.17. The van der Waals surface area contributed by atoms with Crippen LogP contribution in [0.2, 0.25) is 5.02 Å². The molecule has 0 radical (unpaired) electrons. The molecule has 0 bridgehead atoms. The van der Waals surface area contributed by atoms with Crippen molar-refractivity contribution in [3.8, 4) is 5.75 Å². The van der Waals surface area contributed by atoms with Gasteiger partial charge in [0.2, 0.25) is 5.91 Å². The van der Waals surface area contributed by atoms with E-state index in [1.54, 1.807) is 20.7 Å². The van der Waals surface area contributed by atoms with Gasteiger partial charge in [0.05, 0.1) is 29.5 Å². The highest BCUT2D eigenvalue weighted by atomic mass is 35.5. The van der Waals surface area contributed by atoms with E-state index in [9.17, 15) is 19.1 Å². The number of amides is 2. The number of halogens is 2. The van der Waals surface area contributed by atoms with Gasteiger partial charge in [-0.05, 0) is 26.0 Å². The lowest BCUT2D eigenvalue weighted by Crippen LogP contribution is -2.57. The molecule has 12 heteroatoms. The van der Waals surface area contributed by atoms with Gasteiger partial charge in [-0.3, -0.25) is 14.3 Å². The standard InChI is InChI=1S/C28H30ClFN6O4/c1-6-8-19(37)21(15(3)30)24-23(29)26-22(27(32-24)36-12-17-11-31-33(5)25(17)16(36)4)28(39)35-10-9-34(20(38)7-2)13-18(35)14-40-26/h6-8,11,16,18,37H,1-2,9-10,12-14H2,3-5H3/b19-8+,21-15-/t16-,18-/m1/s1. The maximum atomic E-state index is 15.0. The van der Waals surface area contributed by atoms with E-state index in [4.69, 9.17) is 21.3 Å². The predicted molar refractivity (Wildman–Crippen MR) is 149 cm³/mol. The summed E-state index contributed by atoms with van der Waals surface area (Å²) in [5, 5.41) is 14.9. The molecule has 0 spiro atoms. The number of allylic oxidation sites excluding steroid dienone is 4. The molecule has 2 aromatic heterocycles. The maximum Gasteiger partial charge on any atom is 0.261 e. The fraction of sp³-hybridized carbons (Fsp3) is 0.357. The number of ether oxygens (including phenoxy) is 1. The molecule has 0 unspecified atom stereocenters. The predicted octanol–water partition coefficient (Wildman–Crippen LogP) is 4.11. The molecule has 10 nitrogen and oxygen atoms in total. The second-order valence-electron chi connectivity index (χ2n) is 9.93. The van der Waals surface area contributed by atoms with Crippen molar-refractivity contribution in [2.45, 2.75) is 32.5 Å². The number of hydrogen-bond acceptors (Lipinski definition) is 7. The van der Waals surface area contributed by atoms with E-state index >= 15 is 0 Å². The molecule has 1 fully saturated rings. The number of aliphatic hydroxyl groups excluding tert-OH is 1. The fourth-order valence-electron chi connectivity index (χ4n) is 5.68. The molecule has 210 valence electrons. The number of pyridine rings is 1. The summed E-state index contributed by atoms with van der Waals surface area (Å²) in [6.07, 6.45) is 5.56. The lowest BCUT2D eigenvalue weighted by Gasteiger charge is -2.39. The molecule has 2 atom stereocenters. The molecule has 0 saturated carbocycles. The van der Waals surface area contributed by atoms with Gasteiger partial charge in [0, 0.05) is 38.8 Å². The Hall–Kier alpha value is -4.12. The maximum absolute atomic E-state index is 15.0. The summed E-state index contributed by atoms with van der Waals surface area (Å²) in [7, 11) is 1.84. The van der Waals surface area contributed by atoms with Crippen molar-refractivity contribution in [3.63, 3.8) is 0 Å². The molecular formula is C28H30ClFN6O4. The van der Waals surface area contributed by atoms with Gasteiger partial charge in [-0.25, -0.2) is 9.37 Å². The Morgan fingerprint density at radius 2 is 2.05 bits per heavy atom. The van der Waals surface area contributed by atoms with Crippen molar-refractivity contribution >= 4 is 34.8 Å². The fourth-order valence-corrected chi connectivity index (χ4v) is 5.97. The molecule has 1 saturated heterocycles. The highest BCUT2D eigenvalue weighted by Gasteiger charge is 2.43. The number of carbonyl (C=O) groups excluding carboxylic acids is 2. The number of anilines is 1. The van der Waals surface area contributed by atoms with E-state index in [0.717, 1.165) is 11.3 Å². The van der Waals surface area contributed by atoms with Crippen LogP contribution in [0.3, 0.4) is 0 Å². The molecule has 40 heavy (non-hydrogen) atoms. The first-order valence-corrected chi connectivity index (χ1v) is 13.2. The summed E-state index contributed by atoms with van der Waals surface area (Å²) < 4.78 is 22.9. The first kappa shape index (κ1) is 27.4. The van der Waals surface area contributed by atoms with Crippen LogP contribution >= 0.6 is 11.6 Å². The van der Waals surface area contributed by atoms with Gasteiger partial charge in [0.25, 0.3) is 5.91 Å². The number of aryl methyl sites for hydroxylation is 1. The lowest BCUT2D eigenvalue weighted by molar-refractivity contribution is -0.128. The molecule has 3 aliphatic rings. The third-order valence-corrected chi connectivity index (χ3v) is 7.94. The van der Waals surface area contributed by atoms with Gasteiger partial charge in [0.15, 0.2) is 5.75 Å². The Balaban J connectivity index is 1.70. The minimum Gasteiger partial charge on any atom is -0.507 e. The molecule has 5 rings (SSSR count). The van der Waals surface area contributed by atoms with Gasteiger partial charge >= 0.3 is 0 Å². The van der Waals surface area contributed by atoms with Gasteiger partial charge in [0.1, 0.15) is 40.3 Å². The summed E-state index contributed by atoms with van der Waals surface area (Å²) >= 11 is 6.82. The van der Waals surface area contributed by atoms with Crippen LogP contribution < -0.4 is 9.64 Å². The van der Waals surface area contributed by atoms with Crippen molar-refractivity contribution in [2.75, 3.05) is 31.1 Å². The van der Waals surface area contributed by atoms with E-state index in [-0.39, 0.29) is 71.0 Å². The van der Waals surface area contributed by atoms with Crippen LogP contribution in [0.1, 0.15) is 47.2 Å². The van der Waals surface area contributed by atoms with Crippen LogP contribution in [-0.2, 0) is 18.4 Å². The average molecular weight is 569 g/mol. The van der Waals surface area contributed by atoms with Crippen LogP contribution in [0.25, 0.3) is 5.57 Å². The molecule has 2 amide bonds. The largest absolute Gasteiger partial charge is 0.507 e. The Labute approximate surface area is 236 Å². The Bertz CT molecular complexity index is 1490. The lowest BCUT2D eigenvalue weighted by atomic mass is 10.0. The van der Waals surface area contributed by atoms with E-state index in [0.29, 0.717) is 13.1 Å². The number of nitrogens with zero attached hydrogens (tertiary/aromatic N) is 6. The quantitative estimate of drug-likeness (QED) is 0.329. The zero-order chi connectivity index (χ0) is 28.9. The number of piperazine rings is 1. The first-order valence-electron chi connectivity index (χ1n) is 12.8. The minimum atomic E-state index is -0.728. The second-order valence-corrected chi connectivity index (χ2v) is 10.3. The highest BCUT2D eigenvalue weighted by Crippen LogP contribution is 2.47. The molecular weight excluding hydrogens is 539 g/mol. The molecule has 3 aliphatic heterocycles. The highest BCUT2D eigenvalue weighted by molar-refractivity contribution is 6.34. The third-order valence-electron chi connectivity index (χ3n) is 7.59. The summed E-state index contributed by atoms with van der Waals surface area (Å²) in [5.74, 6) is -1.44. The Morgan fingerprint density at radius 1 is 1.30 bits per heavy atom. The number of rotatable bonds is 5. The van der Waals surface area contributed by atoms with Gasteiger partial charge in [-0.15, -0.1) is 0 Å². The molecule has 5 heterocycles. The van der Waals surface area contributed by atoms with Crippen molar-refractivity contribution in [1.29, 1.82) is 0 Å². The Morgan fingerprint density at radius 3 is 2.70 bits per heavy atom. The smallest absolute Gasteiger partial charge is 0.261 e. The summed E-state index contributed by atoms with van der Waals surface area (Å²) in [6.45, 7) is 11.6. The SMILES string of the molecule is C=C/C=C(O)\C(=C(/C)F)c1nc(N2Cc3cnn(C)c3[C@H]2C)c2c(c1Cl)OC[C@H]1CN(C(=O)C=C)CCN1C2=O. The van der Waals surface area contributed by atoms with E-state index in [1.807, 2.05) is 18.9 Å². The zero-order valence-corrected chi connectivity index (χ0v) is 23.3. The van der Waals surface area contributed by atoms with Gasteiger partial charge < -0.3 is 24.5 Å². The normalized spacial score (nSPS) is 21.2. The summed E-state index contributed by atoms with van der Waals surface area (Å²) in [4.78, 5) is 36.5. The van der Waals surface area contributed by atoms with Crippen molar-refractivity contribution in [3.05, 3.63) is 76.7 Å². The number of aromatic nitrogens is 3. The molecule has 1 N–H and O–H groups in total. The third kappa shape index (κ3) is 4.34. The minimum absolute atomic E-state index is 0.0457. The number of hydrogen-bond donors (Lipinski definition) is 1. The van der Waals surface area contributed by atoms with Crippen LogP contribution in [0.15, 0.2) is 49.2 Å². The van der Waals surface area contributed by atoms with Crippen LogP contribution in [0.4, 0.5) is 10.2 Å². The van der Waals surface area contributed by atoms with E-state index in [2.05, 4.69) is 18.3 Å². The molecule has 0 aromatic carbocycles. The summed E-state index contributed by atoms with van der Waals surface area (Å²) in [6, 6.07) is -0.687. The van der Waals surface area contributed by atoms with Gasteiger partial charge in [-0.1, -0.05) is 30.8 Å². The van der Waals surface area contributed by atoms with Crippen molar-refractivity contribution in [2.24, 2.45) is 7.05 Å². The van der Waals surface area contributed by atoms with Gasteiger partial charge in [-0.2, -0.15) is 5.10 Å². The number of carbonyl (C=O) groups is 2. The van der Waals surface area contributed by atoms with Crippen molar-refractivity contribution in [1.82, 2.24) is 24.6 Å². The van der Waals surface area contributed by atoms with Crippen LogP contribution in [0, 0.1) is 0 Å². The van der Waals surface area contributed by atoms with Crippen LogP contribution in [0.5, 0.6) is 5.75 Å². The number of aliphatic hydroxyl groups is 1. The zero-order valence-electron chi connectivity index (χ0n) is 22.5. The topological polar surface area (TPSA) is 104 Å². The van der Waals surface area contributed by atoms with Crippen LogP contribution in [-0.4, -0.2) is 73.8 Å². The van der Waals surface area contributed by atoms with E-state index < -0.39 is 17.6 Å². The summed E-state index contributed by atoms with van der Waals surface area (Å²) in [5.41, 5.74) is 1.76. The first-order chi connectivity index (χ1) is 19.1.